The first-order valence-electron chi connectivity index (χ1n) is 17.0. The second-order valence-electron chi connectivity index (χ2n) is 12.9. The molecule has 3 N–H and O–H groups in total. The maximum absolute atomic E-state index is 4.51. The van der Waals surface area contributed by atoms with E-state index < -0.39 is 0 Å². The molecule has 4 aliphatic heterocycles. The molecule has 0 amide bonds. The number of pyridine rings is 3. The summed E-state index contributed by atoms with van der Waals surface area (Å²) >= 11 is 0. The average molecular weight is 599 g/mol. The molecule has 238 valence electrons. The average Bonchev–Trinajstić information content (AvgIpc) is 3.88. The van der Waals surface area contributed by atoms with E-state index in [-0.39, 0.29) is 0 Å². The number of hydrogen-bond donors (Lipinski definition) is 3. The van der Waals surface area contributed by atoms with Gasteiger partial charge in [0, 0.05) is 112 Å². The Morgan fingerprint density at radius 1 is 0.636 bits per heavy atom. The monoisotopic (exact) mass is 598 g/mol. The summed E-state index contributed by atoms with van der Waals surface area (Å²) in [7, 11) is 4.12. The fourth-order valence-corrected chi connectivity index (χ4v) is 6.67. The molecule has 0 bridgehead atoms. The van der Waals surface area contributed by atoms with Gasteiger partial charge in [0.15, 0.2) is 0 Å². The van der Waals surface area contributed by atoms with Crippen molar-refractivity contribution in [2.45, 2.75) is 88.8 Å². The summed E-state index contributed by atoms with van der Waals surface area (Å²) in [6.45, 7) is 5.95. The van der Waals surface area contributed by atoms with Gasteiger partial charge in [-0.05, 0) is 107 Å². The summed E-state index contributed by atoms with van der Waals surface area (Å²) < 4.78 is 0. The van der Waals surface area contributed by atoms with E-state index in [9.17, 15) is 0 Å². The molecule has 8 nitrogen and oxygen atoms in total. The van der Waals surface area contributed by atoms with Gasteiger partial charge in [-0.25, -0.2) is 0 Å². The Morgan fingerprint density at radius 3 is 1.70 bits per heavy atom. The predicted octanol–water partition coefficient (Wildman–Crippen LogP) is 4.79. The maximum Gasteiger partial charge on any atom is 0.0439 e. The lowest BCUT2D eigenvalue weighted by molar-refractivity contribution is 0.595. The first kappa shape index (κ1) is 32.3. The molecule has 3 aromatic rings. The van der Waals surface area contributed by atoms with Gasteiger partial charge in [-0.1, -0.05) is 6.07 Å². The number of hydrogen-bond acceptors (Lipinski definition) is 8. The number of nitrogens with zero attached hydrogens (tertiary/aromatic N) is 5. The summed E-state index contributed by atoms with van der Waals surface area (Å²) in [6, 6.07) is 16.7. The molecule has 0 saturated carbocycles. The first-order chi connectivity index (χ1) is 21.6. The number of aromatic nitrogens is 3. The Bertz CT molecular complexity index is 1210. The van der Waals surface area contributed by atoms with Gasteiger partial charge in [0.1, 0.15) is 0 Å². The topological polar surface area (TPSA) is 81.2 Å². The quantitative estimate of drug-likeness (QED) is 0.342. The van der Waals surface area contributed by atoms with Crippen LogP contribution in [0.5, 0.6) is 0 Å². The van der Waals surface area contributed by atoms with E-state index in [0.29, 0.717) is 18.1 Å². The van der Waals surface area contributed by atoms with E-state index in [4.69, 9.17) is 0 Å². The minimum absolute atomic E-state index is 0.634. The summed E-state index contributed by atoms with van der Waals surface area (Å²) in [5.41, 5.74) is 6.25. The third-order valence-electron chi connectivity index (χ3n) is 9.17. The molecule has 8 heteroatoms. The second-order valence-corrected chi connectivity index (χ2v) is 12.9. The molecule has 0 unspecified atom stereocenters. The van der Waals surface area contributed by atoms with Gasteiger partial charge in [0.05, 0.1) is 0 Å². The molecule has 4 fully saturated rings. The summed E-state index contributed by atoms with van der Waals surface area (Å²) in [5.74, 6) is 0. The zero-order valence-electron chi connectivity index (χ0n) is 27.1. The van der Waals surface area contributed by atoms with E-state index >= 15 is 0 Å². The predicted molar refractivity (Wildman–Crippen MR) is 183 cm³/mol. The summed E-state index contributed by atoms with van der Waals surface area (Å²) in [4.78, 5) is 17.8. The van der Waals surface area contributed by atoms with Crippen LogP contribution in [-0.2, 0) is 19.3 Å². The van der Waals surface area contributed by atoms with Crippen LogP contribution in [0.2, 0.25) is 0 Å². The minimum Gasteiger partial charge on any atom is -0.378 e. The van der Waals surface area contributed by atoms with Gasteiger partial charge in [0.25, 0.3) is 0 Å². The summed E-state index contributed by atoms with van der Waals surface area (Å²) in [5, 5.41) is 10.5. The van der Waals surface area contributed by atoms with Gasteiger partial charge in [-0.15, -0.1) is 0 Å². The third kappa shape index (κ3) is 10.5. The molecular weight excluding hydrogens is 544 g/mol. The molecule has 0 radical (unpaired) electrons. The van der Waals surface area contributed by atoms with Gasteiger partial charge in [-0.3, -0.25) is 15.0 Å². The van der Waals surface area contributed by atoms with Crippen LogP contribution in [0.3, 0.4) is 0 Å². The lowest BCUT2D eigenvalue weighted by atomic mass is 10.1. The molecular formula is C36H54N8. The Labute approximate surface area is 265 Å². The van der Waals surface area contributed by atoms with Crippen LogP contribution in [0, 0.1) is 0 Å². The molecule has 0 aliphatic carbocycles. The number of anilines is 2. The zero-order valence-corrected chi connectivity index (χ0v) is 27.1. The molecule has 44 heavy (non-hydrogen) atoms. The normalized spacial score (nSPS) is 22.7. The van der Waals surface area contributed by atoms with Crippen LogP contribution in [0.4, 0.5) is 11.4 Å². The Hall–Kier alpha value is -3.07. The van der Waals surface area contributed by atoms with Crippen molar-refractivity contribution in [1.29, 1.82) is 0 Å². The number of nitrogens with one attached hydrogen (secondary N) is 3. The van der Waals surface area contributed by atoms with Crippen LogP contribution in [0.15, 0.2) is 61.1 Å². The van der Waals surface area contributed by atoms with Crippen molar-refractivity contribution in [3.63, 3.8) is 0 Å². The van der Waals surface area contributed by atoms with Crippen molar-refractivity contribution >= 4 is 11.4 Å². The van der Waals surface area contributed by atoms with E-state index in [1.54, 1.807) is 0 Å². The van der Waals surface area contributed by atoms with Crippen molar-refractivity contribution in [3.8, 4) is 0 Å². The largest absolute Gasteiger partial charge is 0.378 e. The minimum atomic E-state index is 0.634. The Kier molecular flexibility index (Phi) is 12.8. The van der Waals surface area contributed by atoms with Crippen LogP contribution in [-0.4, -0.2) is 79.9 Å². The van der Waals surface area contributed by atoms with Crippen LogP contribution in [0.1, 0.15) is 68.4 Å². The van der Waals surface area contributed by atoms with Gasteiger partial charge >= 0.3 is 0 Å². The van der Waals surface area contributed by atoms with Crippen LogP contribution >= 0.6 is 0 Å². The van der Waals surface area contributed by atoms with Gasteiger partial charge < -0.3 is 25.8 Å². The SMILES string of the molecule is CN(C)c1ccnc(C[C@@H]2CCCN2)c1.c1cc(N2CCCC2)cc(C[C@@H]2CCCN2)n1.c1ccc(C[C@@H]2CCCN2)nc1. The lowest BCUT2D eigenvalue weighted by Crippen LogP contribution is -2.24. The highest BCUT2D eigenvalue weighted by Crippen LogP contribution is 2.21. The molecule has 4 saturated heterocycles. The van der Waals surface area contributed by atoms with Crippen LogP contribution < -0.4 is 25.8 Å². The van der Waals surface area contributed by atoms with E-state index in [1.807, 2.05) is 30.7 Å². The van der Waals surface area contributed by atoms with Crippen molar-refractivity contribution in [2.24, 2.45) is 0 Å². The van der Waals surface area contributed by atoms with Crippen molar-refractivity contribution < 1.29 is 0 Å². The zero-order chi connectivity index (χ0) is 30.4. The highest BCUT2D eigenvalue weighted by molar-refractivity contribution is 5.47. The van der Waals surface area contributed by atoms with Gasteiger partial charge in [-0.2, -0.15) is 0 Å². The van der Waals surface area contributed by atoms with Crippen molar-refractivity contribution in [2.75, 3.05) is 56.6 Å². The molecule has 7 rings (SSSR count). The molecule has 4 aliphatic rings. The van der Waals surface area contributed by atoms with E-state index in [0.717, 1.165) is 25.8 Å². The standard InChI is InChI=1S/C14H21N3.C12H19N3.C10H14N2/c1-2-9-17(8-1)14-5-7-16-13(11-14)10-12-4-3-6-15-12;1-15(2)12-5-7-14-11(9-12)8-10-4-3-6-13-10;1-2-6-11-9(4-1)8-10-5-3-7-12-10/h5,7,11-12,15H,1-4,6,8-10H2;5,7,9-10,13H,3-4,6,8H2,1-2H3;1-2,4,6,10,12H,3,5,7-8H2/t12-;2*10-/m000/s1. The second kappa shape index (κ2) is 17.4. The molecule has 0 spiro atoms. The van der Waals surface area contributed by atoms with E-state index in [2.05, 4.69) is 85.1 Å². The smallest absolute Gasteiger partial charge is 0.0439 e. The first-order valence-corrected chi connectivity index (χ1v) is 17.0. The number of rotatable bonds is 8. The van der Waals surface area contributed by atoms with Crippen LogP contribution in [0.25, 0.3) is 0 Å². The summed E-state index contributed by atoms with van der Waals surface area (Å²) in [6.07, 6.45) is 19.5. The molecule has 3 atom stereocenters. The third-order valence-corrected chi connectivity index (χ3v) is 9.17. The maximum atomic E-state index is 4.51. The van der Waals surface area contributed by atoms with Crippen molar-refractivity contribution in [3.05, 3.63) is 78.1 Å². The molecule has 0 aromatic carbocycles. The molecule has 3 aromatic heterocycles. The highest BCUT2D eigenvalue weighted by atomic mass is 15.1. The Morgan fingerprint density at radius 2 is 1.18 bits per heavy atom. The highest BCUT2D eigenvalue weighted by Gasteiger charge is 2.18. The molecule has 7 heterocycles. The van der Waals surface area contributed by atoms with E-state index in [1.165, 1.54) is 106 Å². The Balaban J connectivity index is 0.000000133. The van der Waals surface area contributed by atoms with Crippen molar-refractivity contribution in [1.82, 2.24) is 30.9 Å². The van der Waals surface area contributed by atoms with Gasteiger partial charge in [0.2, 0.25) is 0 Å². The lowest BCUT2D eigenvalue weighted by Gasteiger charge is -2.18. The fraction of sp³-hybridized carbons (Fsp3) is 0.583. The fourth-order valence-electron chi connectivity index (χ4n) is 6.67.